The van der Waals surface area contributed by atoms with Crippen LogP contribution in [0.3, 0.4) is 0 Å². The largest absolute Gasteiger partial charge is 0.487 e. The lowest BCUT2D eigenvalue weighted by Crippen LogP contribution is -2.51. The molecule has 1 saturated heterocycles. The molecule has 2 aliphatic rings. The van der Waals surface area contributed by atoms with Crippen molar-refractivity contribution in [1.82, 2.24) is 20.0 Å². The van der Waals surface area contributed by atoms with Gasteiger partial charge < -0.3 is 15.0 Å². The highest BCUT2D eigenvalue weighted by Crippen LogP contribution is 2.44. The van der Waals surface area contributed by atoms with Crippen molar-refractivity contribution < 1.29 is 9.53 Å². The van der Waals surface area contributed by atoms with Crippen LogP contribution in [0.4, 0.5) is 0 Å². The predicted molar refractivity (Wildman–Crippen MR) is 120 cm³/mol. The van der Waals surface area contributed by atoms with Crippen molar-refractivity contribution in [2.75, 3.05) is 20.1 Å². The van der Waals surface area contributed by atoms with E-state index in [-0.39, 0.29) is 17.6 Å². The van der Waals surface area contributed by atoms with Crippen molar-refractivity contribution in [2.45, 2.75) is 30.9 Å². The molecule has 0 radical (unpaired) electrons. The zero-order chi connectivity index (χ0) is 21.4. The molecule has 2 aromatic carbocycles. The molecule has 6 nitrogen and oxygen atoms in total. The Balaban J connectivity index is 1.45. The number of nitrogens with zero attached hydrogens (tertiary/aromatic N) is 3. The number of benzene rings is 2. The third-order valence-electron chi connectivity index (χ3n) is 6.52. The van der Waals surface area contributed by atoms with E-state index in [0.29, 0.717) is 11.3 Å². The van der Waals surface area contributed by atoms with Crippen LogP contribution < -0.4 is 10.1 Å². The molecule has 1 spiro atoms. The second-order valence-electron chi connectivity index (χ2n) is 8.79. The number of likely N-dealkylation sites (tertiary alicyclic amines) is 1. The molecule has 3 aromatic rings. The van der Waals surface area contributed by atoms with Gasteiger partial charge in [-0.3, -0.25) is 9.48 Å². The van der Waals surface area contributed by atoms with Crippen molar-refractivity contribution in [1.29, 1.82) is 0 Å². The minimum absolute atomic E-state index is 0.0929. The molecule has 1 N–H and O–H groups in total. The van der Waals surface area contributed by atoms with Gasteiger partial charge in [-0.05, 0) is 26.0 Å². The van der Waals surface area contributed by atoms with Crippen molar-refractivity contribution >= 4 is 5.91 Å². The van der Waals surface area contributed by atoms with Gasteiger partial charge in [-0.25, -0.2) is 0 Å². The van der Waals surface area contributed by atoms with Crippen molar-refractivity contribution in [3.05, 3.63) is 71.9 Å². The number of carbonyl (C=O) groups excluding carboxylic acids is 1. The van der Waals surface area contributed by atoms with Crippen LogP contribution in [0.15, 0.2) is 60.8 Å². The first kappa shape index (κ1) is 19.8. The number of aryl methyl sites for hydroxylation is 1. The van der Waals surface area contributed by atoms with Crippen LogP contribution in [-0.2, 0) is 7.05 Å². The van der Waals surface area contributed by atoms with Crippen molar-refractivity contribution in [2.24, 2.45) is 7.05 Å². The molecule has 1 fully saturated rings. The van der Waals surface area contributed by atoms with E-state index < -0.39 is 0 Å². The summed E-state index contributed by atoms with van der Waals surface area (Å²) in [5.74, 6) is 0.787. The van der Waals surface area contributed by atoms with Gasteiger partial charge in [0.05, 0.1) is 11.6 Å². The molecule has 0 aliphatic carbocycles. The van der Waals surface area contributed by atoms with Gasteiger partial charge in [-0.15, -0.1) is 0 Å². The van der Waals surface area contributed by atoms with E-state index in [1.54, 1.807) is 10.9 Å². The average Bonchev–Trinajstić information content (AvgIpc) is 3.18. The van der Waals surface area contributed by atoms with Gasteiger partial charge in [0.25, 0.3) is 5.91 Å². The van der Waals surface area contributed by atoms with E-state index in [2.05, 4.69) is 28.4 Å². The Morgan fingerprint density at radius 1 is 1.06 bits per heavy atom. The molecule has 1 amide bonds. The number of aromatic nitrogens is 2. The predicted octanol–water partition coefficient (Wildman–Crippen LogP) is 3.81. The Hall–Kier alpha value is -3.12. The highest BCUT2D eigenvalue weighted by molar-refractivity contribution is 6.00. The molecular formula is C25H28N4O2. The molecule has 6 heteroatoms. The maximum atomic E-state index is 13.4. The number of hydrogen-bond donors (Lipinski definition) is 1. The van der Waals surface area contributed by atoms with Crippen LogP contribution in [0.1, 0.15) is 41.2 Å². The molecule has 31 heavy (non-hydrogen) atoms. The van der Waals surface area contributed by atoms with E-state index in [1.165, 1.54) is 0 Å². The fraction of sp³-hybridized carbons (Fsp3) is 0.360. The molecule has 2 aliphatic heterocycles. The van der Waals surface area contributed by atoms with Gasteiger partial charge in [0.2, 0.25) is 0 Å². The van der Waals surface area contributed by atoms with Crippen LogP contribution in [-0.4, -0.2) is 46.3 Å². The molecule has 5 rings (SSSR count). The smallest absolute Gasteiger partial charge is 0.255 e. The summed E-state index contributed by atoms with van der Waals surface area (Å²) in [5.41, 5.74) is 3.05. The summed E-state index contributed by atoms with van der Waals surface area (Å²) in [7, 11) is 4.00. The van der Waals surface area contributed by atoms with Crippen LogP contribution in [0, 0.1) is 0 Å². The molecule has 0 saturated carbocycles. The molecule has 1 atom stereocenters. The zero-order valence-corrected chi connectivity index (χ0v) is 18.0. The second kappa shape index (κ2) is 7.85. The normalized spacial score (nSPS) is 20.1. The molecular weight excluding hydrogens is 388 g/mol. The van der Waals surface area contributed by atoms with Crippen LogP contribution in [0.2, 0.25) is 0 Å². The highest BCUT2D eigenvalue weighted by atomic mass is 16.5. The number of fused-ring (bicyclic) bond motifs is 1. The quantitative estimate of drug-likeness (QED) is 0.706. The zero-order valence-electron chi connectivity index (χ0n) is 18.0. The number of carbonyl (C=O) groups is 1. The SMILES string of the molecule is CN1CCC2(CC1)CC(NC(=O)c1cn(C)nc1-c1ccccc1)c1ccccc1O2. The molecule has 160 valence electrons. The van der Waals surface area contributed by atoms with Crippen LogP contribution >= 0.6 is 0 Å². The first-order valence-corrected chi connectivity index (χ1v) is 10.9. The lowest BCUT2D eigenvalue weighted by atomic mass is 9.80. The van der Waals surface area contributed by atoms with Gasteiger partial charge in [0, 0.05) is 43.9 Å². The second-order valence-corrected chi connectivity index (χ2v) is 8.79. The highest BCUT2D eigenvalue weighted by Gasteiger charge is 2.43. The number of amides is 1. The van der Waals surface area contributed by atoms with Crippen molar-refractivity contribution in [3.63, 3.8) is 0 Å². The topological polar surface area (TPSA) is 59.4 Å². The van der Waals surface area contributed by atoms with E-state index >= 15 is 0 Å². The molecule has 1 aromatic heterocycles. The Morgan fingerprint density at radius 2 is 1.77 bits per heavy atom. The number of piperidine rings is 1. The number of nitrogens with one attached hydrogen (secondary N) is 1. The fourth-order valence-electron chi connectivity index (χ4n) is 4.78. The minimum atomic E-state index is -0.226. The Labute approximate surface area is 182 Å². The fourth-order valence-corrected chi connectivity index (χ4v) is 4.78. The monoisotopic (exact) mass is 416 g/mol. The summed E-state index contributed by atoms with van der Waals surface area (Å²) in [6.45, 7) is 2.01. The standard InChI is InChI=1S/C25H28N4O2/c1-28-14-12-25(13-15-28)16-21(19-10-6-7-11-22(19)31-25)26-24(30)20-17-29(2)27-23(20)18-8-4-3-5-9-18/h3-11,17,21H,12-16H2,1-2H3,(H,26,30). The maximum absolute atomic E-state index is 13.4. The van der Waals surface area contributed by atoms with Crippen LogP contribution in [0.5, 0.6) is 5.75 Å². The third-order valence-corrected chi connectivity index (χ3v) is 6.52. The van der Waals surface area contributed by atoms with Gasteiger partial charge in [-0.1, -0.05) is 48.5 Å². The first-order chi connectivity index (χ1) is 15.0. The molecule has 3 heterocycles. The summed E-state index contributed by atoms with van der Waals surface area (Å²) in [5, 5.41) is 7.87. The summed E-state index contributed by atoms with van der Waals surface area (Å²) >= 11 is 0. The summed E-state index contributed by atoms with van der Waals surface area (Å²) in [6.07, 6.45) is 4.51. The van der Waals surface area contributed by atoms with Crippen molar-refractivity contribution in [3.8, 4) is 17.0 Å². The summed E-state index contributed by atoms with van der Waals surface area (Å²) in [6, 6.07) is 17.8. The number of rotatable bonds is 3. The van der Waals surface area contributed by atoms with Gasteiger partial charge in [0.1, 0.15) is 17.0 Å². The van der Waals surface area contributed by atoms with Crippen LogP contribution in [0.25, 0.3) is 11.3 Å². The number of para-hydroxylation sites is 1. The number of hydrogen-bond acceptors (Lipinski definition) is 4. The summed E-state index contributed by atoms with van der Waals surface area (Å²) < 4.78 is 8.23. The van der Waals surface area contributed by atoms with E-state index in [1.807, 2.05) is 55.6 Å². The molecule has 1 unspecified atom stereocenters. The maximum Gasteiger partial charge on any atom is 0.255 e. The van der Waals surface area contributed by atoms with Gasteiger partial charge >= 0.3 is 0 Å². The van der Waals surface area contributed by atoms with E-state index in [0.717, 1.165) is 49.2 Å². The Kier molecular flexibility index (Phi) is 5.02. The van der Waals surface area contributed by atoms with Gasteiger partial charge in [-0.2, -0.15) is 5.10 Å². The van der Waals surface area contributed by atoms with E-state index in [4.69, 9.17) is 4.74 Å². The lowest BCUT2D eigenvalue weighted by molar-refractivity contribution is -0.0195. The summed E-state index contributed by atoms with van der Waals surface area (Å²) in [4.78, 5) is 15.8. The molecule has 0 bridgehead atoms. The van der Waals surface area contributed by atoms with E-state index in [9.17, 15) is 4.79 Å². The van der Waals surface area contributed by atoms with Gasteiger partial charge in [0.15, 0.2) is 0 Å². The Bertz CT molecular complexity index is 1080. The lowest BCUT2D eigenvalue weighted by Gasteiger charge is -2.46. The average molecular weight is 417 g/mol. The Morgan fingerprint density at radius 3 is 2.55 bits per heavy atom. The first-order valence-electron chi connectivity index (χ1n) is 10.9. The third kappa shape index (κ3) is 3.83. The minimum Gasteiger partial charge on any atom is -0.487 e. The number of ether oxygens (including phenoxy) is 1.